The van der Waals surface area contributed by atoms with Gasteiger partial charge in [0.05, 0.1) is 17.6 Å². The number of imide groups is 1. The fraction of sp³-hybridized carbons (Fsp3) is 0.476. The number of aromatic carboxylic acids is 1. The Hall–Kier alpha value is -3.65. The summed E-state index contributed by atoms with van der Waals surface area (Å²) in [5.41, 5.74) is 0.349. The minimum atomic E-state index is -1.55. The molecule has 3 aliphatic heterocycles. The zero-order valence-electron chi connectivity index (χ0n) is 18.9. The zero-order chi connectivity index (χ0) is 25.4. The summed E-state index contributed by atoms with van der Waals surface area (Å²) in [6.07, 6.45) is -1.06. The molecule has 35 heavy (non-hydrogen) atoms. The molecule has 4 rings (SSSR count). The van der Waals surface area contributed by atoms with Gasteiger partial charge in [-0.2, -0.15) is 0 Å². The van der Waals surface area contributed by atoms with Gasteiger partial charge in [-0.15, -0.1) is 0 Å². The Kier molecular flexibility index (Phi) is 6.67. The maximum absolute atomic E-state index is 13.1. The third kappa shape index (κ3) is 4.54. The van der Waals surface area contributed by atoms with Crippen LogP contribution in [0.25, 0.3) is 0 Å². The molecule has 0 aromatic heterocycles. The van der Waals surface area contributed by atoms with Crippen LogP contribution in [0.4, 0.5) is 4.79 Å². The molecule has 5 amide bonds. The molecule has 13 nitrogen and oxygen atoms in total. The standard InChI is InChI=1S/C21H25BN4O9/c1-2-24-6-7-25(19(30)18(24)29)21(33)26-10-12(27)9-14(26)17(28)23-15-8-11-4-3-5-13(20(31)32)16(11)35-22(15)34/h3-5,12,14-15,27,34H,2,6-10H2,1H3,(H,23,28)(H,31,32)/t12-,14+,15?/m0/s1. The number of piperazine rings is 1. The van der Waals surface area contributed by atoms with Crippen molar-refractivity contribution in [1.29, 1.82) is 0 Å². The van der Waals surface area contributed by atoms with E-state index in [2.05, 4.69) is 5.32 Å². The first kappa shape index (κ1) is 24.5. The Balaban J connectivity index is 1.47. The molecule has 1 unspecified atom stereocenters. The van der Waals surface area contributed by atoms with Crippen LogP contribution in [-0.2, 0) is 20.8 Å². The number of para-hydroxylation sites is 1. The van der Waals surface area contributed by atoms with Gasteiger partial charge in [-0.1, -0.05) is 12.1 Å². The highest BCUT2D eigenvalue weighted by Crippen LogP contribution is 2.30. The molecule has 3 atom stereocenters. The van der Waals surface area contributed by atoms with Crippen molar-refractivity contribution in [2.24, 2.45) is 0 Å². The van der Waals surface area contributed by atoms with Crippen molar-refractivity contribution in [1.82, 2.24) is 20.0 Å². The van der Waals surface area contributed by atoms with Crippen molar-refractivity contribution in [2.75, 3.05) is 26.2 Å². The van der Waals surface area contributed by atoms with E-state index in [0.717, 1.165) is 9.80 Å². The Bertz CT molecular complexity index is 1080. The Morgan fingerprint density at radius 3 is 2.63 bits per heavy atom. The van der Waals surface area contributed by atoms with Crippen LogP contribution in [0.3, 0.4) is 0 Å². The summed E-state index contributed by atoms with van der Waals surface area (Å²) < 4.78 is 5.37. The number of likely N-dealkylation sites (N-methyl/N-ethyl adjacent to an activating group) is 1. The smallest absolute Gasteiger partial charge is 0.534 e. The van der Waals surface area contributed by atoms with Gasteiger partial charge in [0.2, 0.25) is 5.91 Å². The predicted octanol–water partition coefficient (Wildman–Crippen LogP) is -1.93. The molecule has 0 bridgehead atoms. The van der Waals surface area contributed by atoms with Gasteiger partial charge in [0.25, 0.3) is 0 Å². The quantitative estimate of drug-likeness (QED) is 0.278. The van der Waals surface area contributed by atoms with Gasteiger partial charge in [0, 0.05) is 32.6 Å². The van der Waals surface area contributed by atoms with Crippen LogP contribution >= 0.6 is 0 Å². The van der Waals surface area contributed by atoms with Crippen LogP contribution in [0.1, 0.15) is 29.3 Å². The van der Waals surface area contributed by atoms with Crippen LogP contribution in [-0.4, -0.2) is 111 Å². The van der Waals surface area contributed by atoms with Crippen molar-refractivity contribution in [3.63, 3.8) is 0 Å². The average Bonchev–Trinajstić information content (AvgIpc) is 3.22. The highest BCUT2D eigenvalue weighted by molar-refractivity contribution is 6.47. The third-order valence-electron chi connectivity index (χ3n) is 6.43. The highest BCUT2D eigenvalue weighted by atomic mass is 16.5. The lowest BCUT2D eigenvalue weighted by molar-refractivity contribution is -0.154. The molecule has 3 aliphatic rings. The number of aliphatic hydroxyl groups excluding tert-OH is 1. The molecular weight excluding hydrogens is 463 g/mol. The summed E-state index contributed by atoms with van der Waals surface area (Å²) >= 11 is 0. The molecule has 14 heteroatoms. The number of carbonyl (C=O) groups excluding carboxylic acids is 4. The molecule has 0 aliphatic carbocycles. The number of carbonyl (C=O) groups is 5. The van der Waals surface area contributed by atoms with Crippen molar-refractivity contribution in [2.45, 2.75) is 37.9 Å². The molecule has 2 saturated heterocycles. The molecule has 0 saturated carbocycles. The number of fused-ring (bicyclic) bond motifs is 1. The number of nitrogens with zero attached hydrogens (tertiary/aromatic N) is 3. The van der Waals surface area contributed by atoms with Gasteiger partial charge >= 0.3 is 30.9 Å². The van der Waals surface area contributed by atoms with E-state index in [1.165, 1.54) is 17.0 Å². The highest BCUT2D eigenvalue weighted by Gasteiger charge is 2.46. The fourth-order valence-corrected chi connectivity index (χ4v) is 4.58. The number of likely N-dealkylation sites (tertiary alicyclic amines) is 1. The number of hydrogen-bond acceptors (Lipinski definition) is 8. The van der Waals surface area contributed by atoms with Crippen molar-refractivity contribution in [3.8, 4) is 5.75 Å². The summed E-state index contributed by atoms with van der Waals surface area (Å²) in [4.78, 5) is 65.3. The monoisotopic (exact) mass is 488 g/mol. The second kappa shape index (κ2) is 9.54. The van der Waals surface area contributed by atoms with E-state index >= 15 is 0 Å². The maximum atomic E-state index is 13.1. The molecule has 1 aromatic carbocycles. The predicted molar refractivity (Wildman–Crippen MR) is 118 cm³/mol. The number of β-amino-alcohol motifs (C(OH)–C–C–N with tert-alkyl or cyclic N) is 1. The Morgan fingerprint density at radius 1 is 1.20 bits per heavy atom. The number of urea groups is 1. The van der Waals surface area contributed by atoms with Crippen LogP contribution in [0, 0.1) is 0 Å². The number of amides is 5. The van der Waals surface area contributed by atoms with Crippen molar-refractivity contribution < 1.29 is 43.9 Å². The first-order chi connectivity index (χ1) is 16.6. The summed E-state index contributed by atoms with van der Waals surface area (Å²) in [6.45, 7) is 1.97. The number of carboxylic acid groups (broad SMARTS) is 1. The van der Waals surface area contributed by atoms with Gasteiger partial charge in [0.15, 0.2) is 0 Å². The number of hydrogen-bond donors (Lipinski definition) is 4. The first-order valence-electron chi connectivity index (χ1n) is 11.2. The number of carboxylic acids is 1. The number of benzene rings is 1. The largest absolute Gasteiger partial charge is 0.547 e. The van der Waals surface area contributed by atoms with Gasteiger partial charge in [-0.25, -0.2) is 9.59 Å². The summed E-state index contributed by atoms with van der Waals surface area (Å²) in [5.74, 6) is -4.66. The summed E-state index contributed by atoms with van der Waals surface area (Å²) in [5, 5.41) is 32.5. The summed E-state index contributed by atoms with van der Waals surface area (Å²) in [6, 6.07) is 2.46. The van der Waals surface area contributed by atoms with E-state index in [0.29, 0.717) is 12.1 Å². The zero-order valence-corrected chi connectivity index (χ0v) is 18.9. The molecular formula is C21H25BN4O9. The third-order valence-corrected chi connectivity index (χ3v) is 6.43. The first-order valence-corrected chi connectivity index (χ1v) is 11.2. The molecule has 3 heterocycles. The number of aliphatic hydroxyl groups is 1. The molecule has 186 valence electrons. The molecule has 1 aromatic rings. The van der Waals surface area contributed by atoms with E-state index in [1.807, 2.05) is 0 Å². The lowest BCUT2D eigenvalue weighted by Gasteiger charge is -2.35. The molecule has 4 N–H and O–H groups in total. The number of rotatable bonds is 4. The van der Waals surface area contributed by atoms with Crippen LogP contribution in [0.2, 0.25) is 0 Å². The lowest BCUT2D eigenvalue weighted by atomic mass is 9.72. The van der Waals surface area contributed by atoms with Crippen LogP contribution in [0.5, 0.6) is 5.75 Å². The van der Waals surface area contributed by atoms with Crippen molar-refractivity contribution in [3.05, 3.63) is 29.3 Å². The van der Waals surface area contributed by atoms with Gasteiger partial charge in [0.1, 0.15) is 11.8 Å². The topological polar surface area (TPSA) is 177 Å². The van der Waals surface area contributed by atoms with Crippen LogP contribution < -0.4 is 9.97 Å². The van der Waals surface area contributed by atoms with E-state index in [1.54, 1.807) is 13.0 Å². The average molecular weight is 488 g/mol. The Morgan fingerprint density at radius 2 is 1.94 bits per heavy atom. The van der Waals surface area contributed by atoms with Gasteiger partial charge in [-0.3, -0.25) is 19.3 Å². The van der Waals surface area contributed by atoms with Gasteiger partial charge < -0.3 is 35.0 Å². The second-order valence-electron chi connectivity index (χ2n) is 8.61. The SMILES string of the molecule is CCN1CCN(C(=O)N2C[C@@H](O)C[C@@H]2C(=O)NC2Cc3cccc(C(=O)O)c3OB2O)C(=O)C1=O. The lowest BCUT2D eigenvalue weighted by Crippen LogP contribution is -2.61. The molecule has 0 spiro atoms. The maximum Gasteiger partial charge on any atom is 0.547 e. The van der Waals surface area contributed by atoms with E-state index in [9.17, 15) is 39.2 Å². The molecule has 2 fully saturated rings. The van der Waals surface area contributed by atoms with E-state index in [-0.39, 0.29) is 43.8 Å². The molecule has 0 radical (unpaired) electrons. The number of nitrogens with one attached hydrogen (secondary N) is 1. The fourth-order valence-electron chi connectivity index (χ4n) is 4.58. The summed E-state index contributed by atoms with van der Waals surface area (Å²) in [7, 11) is -1.55. The van der Waals surface area contributed by atoms with Crippen molar-refractivity contribution >= 4 is 36.8 Å². The van der Waals surface area contributed by atoms with E-state index < -0.39 is 54.9 Å². The second-order valence-corrected chi connectivity index (χ2v) is 8.61. The van der Waals surface area contributed by atoms with Crippen LogP contribution in [0.15, 0.2) is 18.2 Å². The minimum Gasteiger partial charge on any atom is -0.534 e. The normalized spacial score (nSPS) is 24.3. The minimum absolute atomic E-state index is 0.0143. The van der Waals surface area contributed by atoms with E-state index in [4.69, 9.17) is 4.65 Å². The Labute approximate surface area is 200 Å². The van der Waals surface area contributed by atoms with Gasteiger partial charge in [-0.05, 0) is 25.0 Å².